The lowest BCUT2D eigenvalue weighted by Crippen LogP contribution is -2.09. The molecule has 0 bridgehead atoms. The quantitative estimate of drug-likeness (QED) is 0.345. The van der Waals surface area contributed by atoms with Crippen LogP contribution in [0.5, 0.6) is 0 Å². The number of fused-ring (bicyclic) bond motifs is 1. The minimum Gasteiger partial charge on any atom is -0.466 e. The molecule has 0 amide bonds. The predicted molar refractivity (Wildman–Crippen MR) is 108 cm³/mol. The van der Waals surface area contributed by atoms with Gasteiger partial charge < -0.3 is 19.5 Å². The van der Waals surface area contributed by atoms with Crippen molar-refractivity contribution in [3.05, 3.63) is 48.4 Å². The number of ether oxygens (including phenoxy) is 1. The highest BCUT2D eigenvalue weighted by Gasteiger charge is 2.12. The summed E-state index contributed by atoms with van der Waals surface area (Å²) in [5.74, 6) is 0.879. The number of hydrogen-bond donors (Lipinski definition) is 1. The maximum Gasteiger partial charge on any atom is 0.306 e. The average molecular weight is 407 g/mol. The van der Waals surface area contributed by atoms with E-state index in [0.717, 1.165) is 11.1 Å². The van der Waals surface area contributed by atoms with Gasteiger partial charge >= 0.3 is 5.97 Å². The molecular weight excluding hydrogens is 386 g/mol. The third kappa shape index (κ3) is 4.43. The monoisotopic (exact) mass is 407 g/mol. The Labute approximate surface area is 172 Å². The van der Waals surface area contributed by atoms with Crippen molar-refractivity contribution in [3.63, 3.8) is 0 Å². The molecule has 1 aromatic carbocycles. The SMILES string of the molecule is Cc1ccc(-c2nnc(CCC(=O)OCCCn3cnc4c(N)ncnc43)o2)cc1. The number of hydrogen-bond acceptors (Lipinski definition) is 9. The van der Waals surface area contributed by atoms with Crippen LogP contribution in [0.2, 0.25) is 0 Å². The van der Waals surface area contributed by atoms with Crippen LogP contribution in [0.4, 0.5) is 5.82 Å². The van der Waals surface area contributed by atoms with E-state index in [1.54, 1.807) is 6.33 Å². The summed E-state index contributed by atoms with van der Waals surface area (Å²) >= 11 is 0. The first kappa shape index (κ1) is 19.5. The minimum absolute atomic E-state index is 0.174. The summed E-state index contributed by atoms with van der Waals surface area (Å²) in [4.78, 5) is 24.3. The van der Waals surface area contributed by atoms with Crippen LogP contribution in [0, 0.1) is 6.92 Å². The van der Waals surface area contributed by atoms with Gasteiger partial charge in [-0.1, -0.05) is 17.7 Å². The van der Waals surface area contributed by atoms with Crippen LogP contribution in [0.3, 0.4) is 0 Å². The topological polar surface area (TPSA) is 135 Å². The van der Waals surface area contributed by atoms with Crippen molar-refractivity contribution in [2.75, 3.05) is 12.3 Å². The number of aromatic nitrogens is 6. The second kappa shape index (κ2) is 8.68. The van der Waals surface area contributed by atoms with Crippen molar-refractivity contribution < 1.29 is 13.9 Å². The fourth-order valence-corrected chi connectivity index (χ4v) is 2.93. The first-order valence-electron chi connectivity index (χ1n) is 9.56. The zero-order valence-corrected chi connectivity index (χ0v) is 16.5. The van der Waals surface area contributed by atoms with Gasteiger partial charge in [0.05, 0.1) is 19.4 Å². The lowest BCUT2D eigenvalue weighted by Gasteiger charge is -2.05. The molecule has 3 aromatic heterocycles. The summed E-state index contributed by atoms with van der Waals surface area (Å²) in [5, 5.41) is 8.03. The lowest BCUT2D eigenvalue weighted by molar-refractivity contribution is -0.143. The van der Waals surface area contributed by atoms with E-state index < -0.39 is 0 Å². The number of aryl methyl sites for hydroxylation is 3. The summed E-state index contributed by atoms with van der Waals surface area (Å²) in [6.07, 6.45) is 4.18. The number of carbonyl (C=O) groups excluding carboxylic acids is 1. The standard InChI is InChI=1S/C20H21N7O3/c1-13-3-5-14(6-4-13)20-26-25-15(30-20)7-8-16(28)29-10-2-9-27-12-24-17-18(21)22-11-23-19(17)27/h3-6,11-12H,2,7-10H2,1H3,(H2,21,22,23). The number of imidazole rings is 1. The number of nitrogen functional groups attached to an aromatic ring is 1. The molecule has 10 heteroatoms. The van der Waals surface area contributed by atoms with E-state index in [1.807, 2.05) is 35.8 Å². The Morgan fingerprint density at radius 3 is 2.83 bits per heavy atom. The Bertz CT molecular complexity index is 1150. The molecule has 10 nitrogen and oxygen atoms in total. The van der Waals surface area contributed by atoms with Crippen LogP contribution >= 0.6 is 0 Å². The smallest absolute Gasteiger partial charge is 0.306 e. The van der Waals surface area contributed by atoms with Crippen LogP contribution in [-0.2, 0) is 22.5 Å². The number of carbonyl (C=O) groups is 1. The highest BCUT2D eigenvalue weighted by Crippen LogP contribution is 2.19. The number of rotatable bonds is 8. The Balaban J connectivity index is 1.21. The number of nitrogens with two attached hydrogens (primary N) is 1. The summed E-state index contributed by atoms with van der Waals surface area (Å²) in [7, 11) is 0. The Morgan fingerprint density at radius 1 is 1.17 bits per heavy atom. The van der Waals surface area contributed by atoms with E-state index in [1.165, 1.54) is 6.33 Å². The highest BCUT2D eigenvalue weighted by atomic mass is 16.5. The van der Waals surface area contributed by atoms with E-state index in [2.05, 4.69) is 25.1 Å². The molecule has 0 saturated carbocycles. The summed E-state index contributed by atoms with van der Waals surface area (Å²) in [6, 6.07) is 7.80. The van der Waals surface area contributed by atoms with E-state index in [9.17, 15) is 4.79 Å². The Hall–Kier alpha value is -3.82. The largest absolute Gasteiger partial charge is 0.466 e. The van der Waals surface area contributed by atoms with Gasteiger partial charge in [-0.15, -0.1) is 10.2 Å². The molecule has 3 heterocycles. The van der Waals surface area contributed by atoms with Crippen molar-refractivity contribution in [1.82, 2.24) is 29.7 Å². The number of esters is 1. The van der Waals surface area contributed by atoms with Crippen LogP contribution < -0.4 is 5.73 Å². The molecule has 0 aliphatic carbocycles. The van der Waals surface area contributed by atoms with Crippen molar-refractivity contribution in [3.8, 4) is 11.5 Å². The second-order valence-corrected chi connectivity index (χ2v) is 6.81. The number of benzene rings is 1. The molecule has 0 saturated heterocycles. The fourth-order valence-electron chi connectivity index (χ4n) is 2.93. The van der Waals surface area contributed by atoms with Gasteiger partial charge in [0.2, 0.25) is 11.8 Å². The van der Waals surface area contributed by atoms with Gasteiger partial charge in [0, 0.05) is 18.5 Å². The van der Waals surface area contributed by atoms with Crippen LogP contribution in [-0.4, -0.2) is 42.3 Å². The molecule has 0 atom stereocenters. The molecule has 154 valence electrons. The molecule has 0 aliphatic rings. The molecule has 4 aromatic rings. The number of anilines is 1. The van der Waals surface area contributed by atoms with E-state index in [0.29, 0.717) is 48.1 Å². The summed E-state index contributed by atoms with van der Waals surface area (Å²) in [5.41, 5.74) is 9.00. The summed E-state index contributed by atoms with van der Waals surface area (Å²) < 4.78 is 12.8. The molecular formula is C20H21N7O3. The molecule has 0 unspecified atom stereocenters. The van der Waals surface area contributed by atoms with E-state index in [4.69, 9.17) is 14.9 Å². The van der Waals surface area contributed by atoms with Crippen LogP contribution in [0.25, 0.3) is 22.6 Å². The normalized spacial score (nSPS) is 11.1. The predicted octanol–water partition coefficient (Wildman–Crippen LogP) is 2.33. The van der Waals surface area contributed by atoms with Gasteiger partial charge in [0.15, 0.2) is 11.5 Å². The Kier molecular flexibility index (Phi) is 5.64. The van der Waals surface area contributed by atoms with Gasteiger partial charge in [-0.3, -0.25) is 4.79 Å². The Morgan fingerprint density at radius 2 is 2.00 bits per heavy atom. The maximum absolute atomic E-state index is 12.0. The van der Waals surface area contributed by atoms with Crippen molar-refractivity contribution in [2.45, 2.75) is 32.7 Å². The zero-order chi connectivity index (χ0) is 20.9. The molecule has 0 aliphatic heterocycles. The maximum atomic E-state index is 12.0. The molecule has 2 N–H and O–H groups in total. The van der Waals surface area contributed by atoms with Gasteiger partial charge in [0.25, 0.3) is 0 Å². The first-order valence-corrected chi connectivity index (χ1v) is 9.56. The third-order valence-electron chi connectivity index (χ3n) is 4.54. The molecule has 0 fully saturated rings. The molecule has 4 rings (SSSR count). The van der Waals surface area contributed by atoms with E-state index in [-0.39, 0.29) is 19.0 Å². The van der Waals surface area contributed by atoms with E-state index >= 15 is 0 Å². The van der Waals surface area contributed by atoms with Gasteiger partial charge in [-0.2, -0.15) is 0 Å². The second-order valence-electron chi connectivity index (χ2n) is 6.81. The zero-order valence-electron chi connectivity index (χ0n) is 16.5. The molecule has 0 radical (unpaired) electrons. The number of nitrogens with zero attached hydrogens (tertiary/aromatic N) is 6. The molecule has 0 spiro atoms. The van der Waals surface area contributed by atoms with Gasteiger partial charge in [0.1, 0.15) is 11.8 Å². The lowest BCUT2D eigenvalue weighted by atomic mass is 10.1. The van der Waals surface area contributed by atoms with Crippen LogP contribution in [0.15, 0.2) is 41.3 Å². The fraction of sp³-hybridized carbons (Fsp3) is 0.300. The van der Waals surface area contributed by atoms with Crippen LogP contribution in [0.1, 0.15) is 24.3 Å². The van der Waals surface area contributed by atoms with Gasteiger partial charge in [-0.05, 0) is 25.5 Å². The average Bonchev–Trinajstić information content (AvgIpc) is 3.38. The molecule has 30 heavy (non-hydrogen) atoms. The summed E-state index contributed by atoms with van der Waals surface area (Å²) in [6.45, 7) is 2.90. The van der Waals surface area contributed by atoms with Crippen molar-refractivity contribution in [2.24, 2.45) is 0 Å². The van der Waals surface area contributed by atoms with Crippen molar-refractivity contribution >= 4 is 23.0 Å². The van der Waals surface area contributed by atoms with Crippen molar-refractivity contribution in [1.29, 1.82) is 0 Å². The minimum atomic E-state index is -0.313. The highest BCUT2D eigenvalue weighted by molar-refractivity contribution is 5.81. The first-order chi connectivity index (χ1) is 14.6. The third-order valence-corrected chi connectivity index (χ3v) is 4.54. The van der Waals surface area contributed by atoms with Gasteiger partial charge in [-0.25, -0.2) is 15.0 Å².